The predicted octanol–water partition coefficient (Wildman–Crippen LogP) is 2.49. The molecular weight excluding hydrogens is 226 g/mol. The van der Waals surface area contributed by atoms with E-state index in [1.807, 2.05) is 0 Å². The summed E-state index contributed by atoms with van der Waals surface area (Å²) in [6, 6.07) is 0. The van der Waals surface area contributed by atoms with Gasteiger partial charge in [-0.25, -0.2) is 0 Å². The fourth-order valence-corrected chi connectivity index (χ4v) is 3.20. The van der Waals surface area contributed by atoms with E-state index in [1.54, 1.807) is 0 Å². The molecule has 3 heteroatoms. The Balaban J connectivity index is 1.84. The number of carbonyl (C=O) groups excluding carboxylic acids is 1. The lowest BCUT2D eigenvalue weighted by atomic mass is 9.79. The minimum absolute atomic E-state index is 0.149. The minimum atomic E-state index is -0.149. The Morgan fingerprint density at radius 1 is 1.28 bits per heavy atom. The van der Waals surface area contributed by atoms with Crippen molar-refractivity contribution in [2.45, 2.75) is 52.1 Å². The molecule has 1 saturated carbocycles. The maximum atomic E-state index is 12.5. The molecule has 18 heavy (non-hydrogen) atoms. The zero-order valence-electron chi connectivity index (χ0n) is 11.9. The molecule has 1 aliphatic heterocycles. The molecule has 1 unspecified atom stereocenters. The van der Waals surface area contributed by atoms with Crippen molar-refractivity contribution in [2.24, 2.45) is 11.8 Å². The maximum Gasteiger partial charge on any atom is 0.165 e. The summed E-state index contributed by atoms with van der Waals surface area (Å²) in [5.74, 6) is 1.45. The Bertz CT molecular complexity index is 270. The minimum Gasteiger partial charge on any atom is -0.368 e. The first kappa shape index (κ1) is 14.0. The van der Waals surface area contributed by atoms with Gasteiger partial charge >= 0.3 is 0 Å². The molecular formula is C15H27NO2. The first-order valence-corrected chi connectivity index (χ1v) is 7.58. The zero-order chi connectivity index (χ0) is 13.0. The number of hydrogen-bond donors (Lipinski definition) is 0. The monoisotopic (exact) mass is 253 g/mol. The second-order valence-electron chi connectivity index (χ2n) is 6.02. The standard InChI is InChI=1S/C15H27NO2/c1-3-8-16-9-10-18-14(11-16)15(17)13-6-4-12(2)5-7-13/h12-14H,3-11H2,1-2H3. The van der Waals surface area contributed by atoms with E-state index in [-0.39, 0.29) is 12.0 Å². The maximum absolute atomic E-state index is 12.5. The van der Waals surface area contributed by atoms with Gasteiger partial charge in [-0.15, -0.1) is 0 Å². The summed E-state index contributed by atoms with van der Waals surface area (Å²) in [6.45, 7) is 8.10. The summed E-state index contributed by atoms with van der Waals surface area (Å²) in [6.07, 6.45) is 5.58. The van der Waals surface area contributed by atoms with Gasteiger partial charge in [0.25, 0.3) is 0 Å². The summed E-state index contributed by atoms with van der Waals surface area (Å²) in [5.41, 5.74) is 0. The van der Waals surface area contributed by atoms with Gasteiger partial charge in [-0.2, -0.15) is 0 Å². The highest BCUT2D eigenvalue weighted by atomic mass is 16.5. The number of morpholine rings is 1. The quantitative estimate of drug-likeness (QED) is 0.771. The van der Waals surface area contributed by atoms with Crippen LogP contribution >= 0.6 is 0 Å². The topological polar surface area (TPSA) is 29.5 Å². The fourth-order valence-electron chi connectivity index (χ4n) is 3.20. The van der Waals surface area contributed by atoms with Gasteiger partial charge in [0.15, 0.2) is 5.78 Å². The van der Waals surface area contributed by atoms with E-state index in [4.69, 9.17) is 4.74 Å². The Morgan fingerprint density at radius 2 is 2.00 bits per heavy atom. The summed E-state index contributed by atoms with van der Waals surface area (Å²) in [7, 11) is 0. The second-order valence-corrected chi connectivity index (χ2v) is 6.02. The highest BCUT2D eigenvalue weighted by Gasteiger charge is 2.33. The second kappa shape index (κ2) is 6.67. The van der Waals surface area contributed by atoms with Crippen molar-refractivity contribution < 1.29 is 9.53 Å². The van der Waals surface area contributed by atoms with Gasteiger partial charge in [-0.05, 0) is 31.7 Å². The lowest BCUT2D eigenvalue weighted by Gasteiger charge is -2.34. The van der Waals surface area contributed by atoms with Crippen LogP contribution in [0.25, 0.3) is 0 Å². The Hall–Kier alpha value is -0.410. The van der Waals surface area contributed by atoms with Crippen molar-refractivity contribution in [1.82, 2.24) is 4.90 Å². The van der Waals surface area contributed by atoms with Crippen LogP contribution in [0.1, 0.15) is 46.0 Å². The number of rotatable bonds is 4. The van der Waals surface area contributed by atoms with Crippen molar-refractivity contribution in [3.8, 4) is 0 Å². The molecule has 1 atom stereocenters. The fraction of sp³-hybridized carbons (Fsp3) is 0.933. The van der Waals surface area contributed by atoms with Crippen LogP contribution in [0.3, 0.4) is 0 Å². The van der Waals surface area contributed by atoms with E-state index >= 15 is 0 Å². The summed E-state index contributed by atoms with van der Waals surface area (Å²) >= 11 is 0. The normalized spacial score (nSPS) is 34.4. The molecule has 1 heterocycles. The summed E-state index contributed by atoms with van der Waals surface area (Å²) in [4.78, 5) is 14.8. The third kappa shape index (κ3) is 3.55. The van der Waals surface area contributed by atoms with Crippen LogP contribution in [-0.4, -0.2) is 43.0 Å². The van der Waals surface area contributed by atoms with Crippen molar-refractivity contribution in [3.63, 3.8) is 0 Å². The van der Waals surface area contributed by atoms with Crippen LogP contribution in [0.15, 0.2) is 0 Å². The molecule has 0 aromatic heterocycles. The van der Waals surface area contributed by atoms with E-state index in [2.05, 4.69) is 18.7 Å². The van der Waals surface area contributed by atoms with Gasteiger partial charge < -0.3 is 4.74 Å². The molecule has 0 amide bonds. The highest BCUT2D eigenvalue weighted by molar-refractivity contribution is 5.85. The molecule has 3 nitrogen and oxygen atoms in total. The first-order chi connectivity index (χ1) is 8.70. The Labute approximate surface area is 111 Å². The van der Waals surface area contributed by atoms with Gasteiger partial charge in [-0.3, -0.25) is 9.69 Å². The molecule has 104 valence electrons. The third-order valence-corrected chi connectivity index (χ3v) is 4.43. The number of hydrogen-bond acceptors (Lipinski definition) is 3. The third-order valence-electron chi connectivity index (χ3n) is 4.43. The SMILES string of the molecule is CCCN1CCOC(C(=O)C2CCC(C)CC2)C1. The molecule has 0 bridgehead atoms. The molecule has 0 aromatic carbocycles. The van der Waals surface area contributed by atoms with Crippen LogP contribution in [0.5, 0.6) is 0 Å². The van der Waals surface area contributed by atoms with Gasteiger partial charge in [0.2, 0.25) is 0 Å². The number of ether oxygens (including phenoxy) is 1. The van der Waals surface area contributed by atoms with Crippen molar-refractivity contribution >= 4 is 5.78 Å². The molecule has 0 spiro atoms. The van der Waals surface area contributed by atoms with E-state index in [9.17, 15) is 4.79 Å². The molecule has 0 aromatic rings. The van der Waals surface area contributed by atoms with E-state index in [0.717, 1.165) is 51.4 Å². The molecule has 1 aliphatic carbocycles. The van der Waals surface area contributed by atoms with Gasteiger partial charge in [0.1, 0.15) is 6.10 Å². The zero-order valence-corrected chi connectivity index (χ0v) is 11.9. The van der Waals surface area contributed by atoms with Crippen LogP contribution in [0, 0.1) is 11.8 Å². The number of Topliss-reactive ketones (excluding diaryl/α,β-unsaturated/α-hetero) is 1. The lowest BCUT2D eigenvalue weighted by molar-refractivity contribution is -0.141. The highest BCUT2D eigenvalue weighted by Crippen LogP contribution is 2.30. The Morgan fingerprint density at radius 3 is 2.67 bits per heavy atom. The first-order valence-electron chi connectivity index (χ1n) is 7.58. The van der Waals surface area contributed by atoms with Crippen molar-refractivity contribution in [3.05, 3.63) is 0 Å². The Kier molecular flexibility index (Phi) is 5.19. The van der Waals surface area contributed by atoms with Gasteiger partial charge in [0.05, 0.1) is 6.61 Å². The van der Waals surface area contributed by atoms with Crippen LogP contribution in [0.2, 0.25) is 0 Å². The van der Waals surface area contributed by atoms with Crippen LogP contribution in [-0.2, 0) is 9.53 Å². The number of ketones is 1. The van der Waals surface area contributed by atoms with Gasteiger partial charge in [-0.1, -0.05) is 26.7 Å². The average molecular weight is 253 g/mol. The lowest BCUT2D eigenvalue weighted by Crippen LogP contribution is -2.48. The predicted molar refractivity (Wildman–Crippen MR) is 72.6 cm³/mol. The van der Waals surface area contributed by atoms with E-state index in [0.29, 0.717) is 5.78 Å². The molecule has 2 rings (SSSR count). The van der Waals surface area contributed by atoms with Gasteiger partial charge in [0, 0.05) is 19.0 Å². The van der Waals surface area contributed by atoms with Crippen LogP contribution in [0.4, 0.5) is 0 Å². The van der Waals surface area contributed by atoms with Crippen LogP contribution < -0.4 is 0 Å². The van der Waals surface area contributed by atoms with E-state index in [1.165, 1.54) is 12.8 Å². The van der Waals surface area contributed by atoms with Crippen molar-refractivity contribution in [1.29, 1.82) is 0 Å². The largest absolute Gasteiger partial charge is 0.368 e. The smallest absolute Gasteiger partial charge is 0.165 e. The molecule has 0 radical (unpaired) electrons. The molecule has 1 saturated heterocycles. The molecule has 2 aliphatic rings. The molecule has 0 N–H and O–H groups in total. The number of nitrogens with zero attached hydrogens (tertiary/aromatic N) is 1. The number of carbonyl (C=O) groups is 1. The summed E-state index contributed by atoms with van der Waals surface area (Å²) < 4.78 is 5.71. The molecule has 2 fully saturated rings. The average Bonchev–Trinajstić information content (AvgIpc) is 2.39. The van der Waals surface area contributed by atoms with E-state index < -0.39 is 0 Å². The summed E-state index contributed by atoms with van der Waals surface area (Å²) in [5, 5.41) is 0. The van der Waals surface area contributed by atoms with Crippen molar-refractivity contribution in [2.75, 3.05) is 26.2 Å².